The van der Waals surface area contributed by atoms with Gasteiger partial charge in [-0.2, -0.15) is 0 Å². The molecule has 0 saturated heterocycles. The molecule has 14 heavy (non-hydrogen) atoms. The van der Waals surface area contributed by atoms with Crippen LogP contribution in [-0.4, -0.2) is 4.98 Å². The Morgan fingerprint density at radius 1 is 1.07 bits per heavy atom. The van der Waals surface area contributed by atoms with Gasteiger partial charge in [0.15, 0.2) is 0 Å². The van der Waals surface area contributed by atoms with Gasteiger partial charge in [0.05, 0.1) is 0 Å². The third-order valence-electron chi connectivity index (χ3n) is 2.66. The Kier molecular flexibility index (Phi) is 4.12. The van der Waals surface area contributed by atoms with Gasteiger partial charge in [-0.25, -0.2) is 0 Å². The lowest BCUT2D eigenvalue weighted by Gasteiger charge is -2.23. The van der Waals surface area contributed by atoms with Gasteiger partial charge < -0.3 is 0 Å². The number of pyridine rings is 1. The summed E-state index contributed by atoms with van der Waals surface area (Å²) in [6.07, 6.45) is 5.05. The van der Waals surface area contributed by atoms with Crippen LogP contribution in [0, 0.1) is 11.8 Å². The first-order valence-electron chi connectivity index (χ1n) is 5.51. The molecule has 78 valence electrons. The quantitative estimate of drug-likeness (QED) is 0.704. The van der Waals surface area contributed by atoms with E-state index in [4.69, 9.17) is 0 Å². The summed E-state index contributed by atoms with van der Waals surface area (Å²) in [5, 5.41) is 0. The second-order valence-corrected chi connectivity index (χ2v) is 4.76. The molecule has 0 aliphatic rings. The van der Waals surface area contributed by atoms with Crippen LogP contribution in [0.15, 0.2) is 24.5 Å². The van der Waals surface area contributed by atoms with Crippen LogP contribution in [0.25, 0.3) is 0 Å². The van der Waals surface area contributed by atoms with Gasteiger partial charge in [-0.1, -0.05) is 27.7 Å². The number of aromatic nitrogens is 1. The maximum Gasteiger partial charge on any atom is 0.0270 e. The summed E-state index contributed by atoms with van der Waals surface area (Å²) in [7, 11) is 0. The Morgan fingerprint density at radius 2 is 1.64 bits per heavy atom. The molecule has 0 spiro atoms. The van der Waals surface area contributed by atoms with E-state index in [-0.39, 0.29) is 0 Å². The molecule has 0 bridgehead atoms. The minimum absolute atomic E-state index is 0.679. The largest absolute Gasteiger partial charge is 0.265 e. The average Bonchev–Trinajstić information content (AvgIpc) is 2.15. The fraction of sp³-hybridized carbons (Fsp3) is 0.615. The molecular weight excluding hydrogens is 170 g/mol. The average molecular weight is 191 g/mol. The Labute approximate surface area is 87.6 Å². The first-order chi connectivity index (χ1) is 6.61. The van der Waals surface area contributed by atoms with E-state index in [9.17, 15) is 0 Å². The van der Waals surface area contributed by atoms with E-state index in [1.807, 2.05) is 12.4 Å². The van der Waals surface area contributed by atoms with Crippen molar-refractivity contribution in [2.45, 2.75) is 40.0 Å². The summed E-state index contributed by atoms with van der Waals surface area (Å²) >= 11 is 0. The van der Waals surface area contributed by atoms with E-state index < -0.39 is 0 Å². The van der Waals surface area contributed by atoms with Crippen LogP contribution in [0.1, 0.15) is 45.6 Å². The zero-order valence-corrected chi connectivity index (χ0v) is 9.70. The molecule has 1 rings (SSSR count). The van der Waals surface area contributed by atoms with Crippen molar-refractivity contribution in [2.24, 2.45) is 11.8 Å². The molecule has 0 aliphatic heterocycles. The molecule has 1 unspecified atom stereocenters. The lowest BCUT2D eigenvalue weighted by atomic mass is 9.83. The SMILES string of the molecule is CC(C)CC(c1ccncc1)C(C)C. The second kappa shape index (κ2) is 5.14. The molecule has 1 aromatic rings. The summed E-state index contributed by atoms with van der Waals surface area (Å²) in [5.41, 5.74) is 1.43. The summed E-state index contributed by atoms with van der Waals surface area (Å²) in [6.45, 7) is 9.17. The second-order valence-electron chi connectivity index (χ2n) is 4.76. The number of hydrogen-bond acceptors (Lipinski definition) is 1. The fourth-order valence-corrected chi connectivity index (χ4v) is 1.91. The molecule has 0 N–H and O–H groups in total. The molecule has 0 amide bonds. The maximum atomic E-state index is 4.07. The van der Waals surface area contributed by atoms with Crippen LogP contribution in [0.4, 0.5) is 0 Å². The van der Waals surface area contributed by atoms with Gasteiger partial charge in [0.25, 0.3) is 0 Å². The van der Waals surface area contributed by atoms with Crippen molar-refractivity contribution in [3.05, 3.63) is 30.1 Å². The van der Waals surface area contributed by atoms with Gasteiger partial charge in [0.1, 0.15) is 0 Å². The predicted molar refractivity (Wildman–Crippen MR) is 61.3 cm³/mol. The summed E-state index contributed by atoms with van der Waals surface area (Å²) in [5.74, 6) is 2.15. The van der Waals surface area contributed by atoms with Gasteiger partial charge in [0.2, 0.25) is 0 Å². The zero-order valence-electron chi connectivity index (χ0n) is 9.70. The van der Waals surface area contributed by atoms with Crippen molar-refractivity contribution in [1.29, 1.82) is 0 Å². The molecule has 0 saturated carbocycles. The van der Waals surface area contributed by atoms with Crippen molar-refractivity contribution in [3.8, 4) is 0 Å². The van der Waals surface area contributed by atoms with E-state index in [1.54, 1.807) is 0 Å². The van der Waals surface area contributed by atoms with Crippen LogP contribution >= 0.6 is 0 Å². The predicted octanol–water partition coefficient (Wildman–Crippen LogP) is 3.87. The third kappa shape index (κ3) is 3.13. The van der Waals surface area contributed by atoms with E-state index in [1.165, 1.54) is 12.0 Å². The van der Waals surface area contributed by atoms with E-state index in [0.717, 1.165) is 5.92 Å². The van der Waals surface area contributed by atoms with Crippen molar-refractivity contribution >= 4 is 0 Å². The van der Waals surface area contributed by atoms with Crippen molar-refractivity contribution in [1.82, 2.24) is 4.98 Å². The van der Waals surface area contributed by atoms with Gasteiger partial charge in [-0.3, -0.25) is 4.98 Å². The minimum Gasteiger partial charge on any atom is -0.265 e. The molecule has 0 radical (unpaired) electrons. The summed E-state index contributed by atoms with van der Waals surface area (Å²) < 4.78 is 0. The lowest BCUT2D eigenvalue weighted by Crippen LogP contribution is -2.09. The highest BCUT2D eigenvalue weighted by molar-refractivity contribution is 5.16. The molecule has 1 aromatic heterocycles. The smallest absolute Gasteiger partial charge is 0.0270 e. The summed E-state index contributed by atoms with van der Waals surface area (Å²) in [4.78, 5) is 4.07. The normalized spacial score (nSPS) is 13.6. The van der Waals surface area contributed by atoms with Crippen LogP contribution in [0.5, 0.6) is 0 Å². The van der Waals surface area contributed by atoms with Crippen LogP contribution < -0.4 is 0 Å². The summed E-state index contributed by atoms with van der Waals surface area (Å²) in [6, 6.07) is 4.29. The Hall–Kier alpha value is -0.850. The standard InChI is InChI=1S/C13H21N/c1-10(2)9-13(11(3)4)12-5-7-14-8-6-12/h5-8,10-11,13H,9H2,1-4H3. The molecule has 1 atom stereocenters. The van der Waals surface area contributed by atoms with Crippen molar-refractivity contribution < 1.29 is 0 Å². The zero-order chi connectivity index (χ0) is 10.6. The van der Waals surface area contributed by atoms with Gasteiger partial charge >= 0.3 is 0 Å². The Bertz CT molecular complexity index is 251. The molecule has 0 aliphatic carbocycles. The highest BCUT2D eigenvalue weighted by atomic mass is 14.6. The number of nitrogens with zero attached hydrogens (tertiary/aromatic N) is 1. The van der Waals surface area contributed by atoms with Crippen LogP contribution in [-0.2, 0) is 0 Å². The molecular formula is C13H21N. The van der Waals surface area contributed by atoms with E-state index in [0.29, 0.717) is 11.8 Å². The van der Waals surface area contributed by atoms with Gasteiger partial charge in [0, 0.05) is 12.4 Å². The monoisotopic (exact) mass is 191 g/mol. The maximum absolute atomic E-state index is 4.07. The molecule has 1 heteroatoms. The lowest BCUT2D eigenvalue weighted by molar-refractivity contribution is 0.407. The molecule has 0 aromatic carbocycles. The highest BCUT2D eigenvalue weighted by Crippen LogP contribution is 2.30. The molecule has 1 heterocycles. The fourth-order valence-electron chi connectivity index (χ4n) is 1.91. The van der Waals surface area contributed by atoms with E-state index >= 15 is 0 Å². The number of rotatable bonds is 4. The Morgan fingerprint density at radius 3 is 2.07 bits per heavy atom. The van der Waals surface area contributed by atoms with E-state index in [2.05, 4.69) is 44.8 Å². The van der Waals surface area contributed by atoms with Gasteiger partial charge in [-0.15, -0.1) is 0 Å². The highest BCUT2D eigenvalue weighted by Gasteiger charge is 2.16. The topological polar surface area (TPSA) is 12.9 Å². The first kappa shape index (κ1) is 11.2. The number of hydrogen-bond donors (Lipinski definition) is 0. The van der Waals surface area contributed by atoms with Crippen LogP contribution in [0.3, 0.4) is 0 Å². The minimum atomic E-state index is 0.679. The third-order valence-corrected chi connectivity index (χ3v) is 2.66. The van der Waals surface area contributed by atoms with Crippen molar-refractivity contribution in [3.63, 3.8) is 0 Å². The van der Waals surface area contributed by atoms with Crippen molar-refractivity contribution in [2.75, 3.05) is 0 Å². The Balaban J connectivity index is 2.78. The van der Waals surface area contributed by atoms with Gasteiger partial charge in [-0.05, 0) is 41.9 Å². The molecule has 0 fully saturated rings. The molecule has 1 nitrogen and oxygen atoms in total. The van der Waals surface area contributed by atoms with Crippen LogP contribution in [0.2, 0.25) is 0 Å². The first-order valence-corrected chi connectivity index (χ1v) is 5.51.